The van der Waals surface area contributed by atoms with Crippen molar-refractivity contribution in [2.45, 2.75) is 54.1 Å². The first kappa shape index (κ1) is 21.6. The summed E-state index contributed by atoms with van der Waals surface area (Å²) >= 11 is 0. The van der Waals surface area contributed by atoms with E-state index in [1.165, 1.54) is 0 Å². The average Bonchev–Trinajstić information content (AvgIpc) is 2.95. The molecule has 7 heteroatoms. The Morgan fingerprint density at radius 3 is 2.30 bits per heavy atom. The molecule has 30 heavy (non-hydrogen) atoms. The van der Waals surface area contributed by atoms with Crippen LogP contribution in [0.3, 0.4) is 0 Å². The SMILES string of the molecule is CCC(OC(=O)NC)c1nc(C)nc2c1c(C)c(C)n2-c1c(C)cc(OC)cc1C. The lowest BCUT2D eigenvalue weighted by Crippen LogP contribution is -2.22. The Labute approximate surface area is 177 Å². The summed E-state index contributed by atoms with van der Waals surface area (Å²) in [7, 11) is 3.23. The number of methoxy groups -OCH3 is 1. The number of fused-ring (bicyclic) bond motifs is 1. The number of alkyl carbamates (subject to hydrolysis) is 1. The van der Waals surface area contributed by atoms with E-state index in [-0.39, 0.29) is 0 Å². The fourth-order valence-electron chi connectivity index (χ4n) is 4.02. The first-order chi connectivity index (χ1) is 14.2. The van der Waals surface area contributed by atoms with E-state index >= 15 is 0 Å². The predicted octanol–water partition coefficient (Wildman–Crippen LogP) is 4.78. The van der Waals surface area contributed by atoms with Crippen molar-refractivity contribution in [1.29, 1.82) is 0 Å². The summed E-state index contributed by atoms with van der Waals surface area (Å²) in [5.74, 6) is 1.47. The van der Waals surface area contributed by atoms with Gasteiger partial charge in [0.1, 0.15) is 23.3 Å². The molecule has 1 N–H and O–H groups in total. The Balaban J connectivity index is 2.34. The molecular weight excluding hydrogens is 380 g/mol. The van der Waals surface area contributed by atoms with Gasteiger partial charge in [-0.25, -0.2) is 14.8 Å². The van der Waals surface area contributed by atoms with E-state index in [0.717, 1.165) is 50.5 Å². The molecule has 0 bridgehead atoms. The number of benzene rings is 1. The highest BCUT2D eigenvalue weighted by Gasteiger charge is 2.26. The minimum Gasteiger partial charge on any atom is -0.497 e. The van der Waals surface area contributed by atoms with Gasteiger partial charge in [0.05, 0.1) is 18.5 Å². The lowest BCUT2D eigenvalue weighted by molar-refractivity contribution is 0.0954. The van der Waals surface area contributed by atoms with Crippen molar-refractivity contribution in [1.82, 2.24) is 19.9 Å². The first-order valence-electron chi connectivity index (χ1n) is 10.1. The van der Waals surface area contributed by atoms with E-state index in [1.54, 1.807) is 14.2 Å². The fraction of sp³-hybridized carbons (Fsp3) is 0.435. The van der Waals surface area contributed by atoms with Gasteiger partial charge < -0.3 is 14.8 Å². The second kappa shape index (κ2) is 8.34. The molecule has 2 heterocycles. The van der Waals surface area contributed by atoms with Crippen LogP contribution in [-0.2, 0) is 4.74 Å². The quantitative estimate of drug-likeness (QED) is 0.655. The van der Waals surface area contributed by atoms with Gasteiger partial charge in [-0.15, -0.1) is 0 Å². The van der Waals surface area contributed by atoms with Crippen molar-refractivity contribution >= 4 is 17.1 Å². The second-order valence-corrected chi connectivity index (χ2v) is 7.56. The summed E-state index contributed by atoms with van der Waals surface area (Å²) in [6.07, 6.45) is -0.313. The van der Waals surface area contributed by atoms with Crippen LogP contribution >= 0.6 is 0 Å². The van der Waals surface area contributed by atoms with Crippen LogP contribution < -0.4 is 10.1 Å². The molecule has 0 aliphatic heterocycles. The normalized spacial score (nSPS) is 12.1. The summed E-state index contributed by atoms with van der Waals surface area (Å²) in [6, 6.07) is 4.06. The molecule has 1 unspecified atom stereocenters. The van der Waals surface area contributed by atoms with Gasteiger partial charge in [-0.2, -0.15) is 0 Å². The number of nitrogens with one attached hydrogen (secondary N) is 1. The molecule has 3 aromatic rings. The van der Waals surface area contributed by atoms with Gasteiger partial charge in [-0.3, -0.25) is 4.57 Å². The van der Waals surface area contributed by atoms with E-state index in [4.69, 9.17) is 19.4 Å². The fourth-order valence-corrected chi connectivity index (χ4v) is 4.02. The Kier molecular flexibility index (Phi) is 6.01. The van der Waals surface area contributed by atoms with Gasteiger partial charge in [-0.05, 0) is 69.9 Å². The largest absolute Gasteiger partial charge is 0.497 e. The molecule has 0 fully saturated rings. The number of amides is 1. The van der Waals surface area contributed by atoms with E-state index in [1.807, 2.05) is 26.0 Å². The van der Waals surface area contributed by atoms with Crippen molar-refractivity contribution in [3.05, 3.63) is 46.0 Å². The van der Waals surface area contributed by atoms with Gasteiger partial charge in [0.2, 0.25) is 0 Å². The number of aryl methyl sites for hydroxylation is 4. The van der Waals surface area contributed by atoms with E-state index in [2.05, 4.69) is 37.6 Å². The van der Waals surface area contributed by atoms with Gasteiger partial charge in [0, 0.05) is 18.1 Å². The monoisotopic (exact) mass is 410 g/mol. The molecule has 0 radical (unpaired) electrons. The molecule has 0 saturated heterocycles. The zero-order chi connectivity index (χ0) is 22.2. The van der Waals surface area contributed by atoms with Crippen LogP contribution in [-0.4, -0.2) is 34.8 Å². The maximum Gasteiger partial charge on any atom is 0.407 e. The molecule has 160 valence electrons. The Hall–Kier alpha value is -3.09. The van der Waals surface area contributed by atoms with Crippen molar-refractivity contribution in [2.75, 3.05) is 14.2 Å². The van der Waals surface area contributed by atoms with Crippen LogP contribution in [0.1, 0.15) is 53.4 Å². The Morgan fingerprint density at radius 1 is 1.13 bits per heavy atom. The topological polar surface area (TPSA) is 78.3 Å². The third-order valence-corrected chi connectivity index (χ3v) is 5.55. The number of hydrogen-bond acceptors (Lipinski definition) is 5. The van der Waals surface area contributed by atoms with Crippen molar-refractivity contribution in [3.8, 4) is 11.4 Å². The Morgan fingerprint density at radius 2 is 1.77 bits per heavy atom. The molecular formula is C23H30N4O3. The van der Waals surface area contributed by atoms with Crippen LogP contribution in [0, 0.1) is 34.6 Å². The predicted molar refractivity (Wildman–Crippen MR) is 118 cm³/mol. The van der Waals surface area contributed by atoms with Gasteiger partial charge in [0.15, 0.2) is 0 Å². The van der Waals surface area contributed by atoms with E-state index < -0.39 is 12.2 Å². The van der Waals surface area contributed by atoms with Crippen LogP contribution in [0.15, 0.2) is 12.1 Å². The first-order valence-corrected chi connectivity index (χ1v) is 10.1. The third-order valence-electron chi connectivity index (χ3n) is 5.55. The highest BCUT2D eigenvalue weighted by atomic mass is 16.6. The number of carbonyl (C=O) groups excluding carboxylic acids is 1. The average molecular weight is 411 g/mol. The van der Waals surface area contributed by atoms with E-state index in [0.29, 0.717) is 12.2 Å². The summed E-state index contributed by atoms with van der Waals surface area (Å²) in [6.45, 7) is 12.1. The lowest BCUT2D eigenvalue weighted by Gasteiger charge is -2.18. The highest BCUT2D eigenvalue weighted by molar-refractivity contribution is 5.87. The molecule has 1 aromatic carbocycles. The molecule has 7 nitrogen and oxygen atoms in total. The zero-order valence-corrected chi connectivity index (χ0v) is 19.0. The maximum atomic E-state index is 11.9. The molecule has 0 aliphatic rings. The summed E-state index contributed by atoms with van der Waals surface area (Å²) in [4.78, 5) is 21.4. The summed E-state index contributed by atoms with van der Waals surface area (Å²) in [5.41, 5.74) is 6.99. The smallest absolute Gasteiger partial charge is 0.407 e. The number of rotatable bonds is 5. The minimum atomic E-state index is -0.470. The molecule has 0 saturated carbocycles. The van der Waals surface area contributed by atoms with E-state index in [9.17, 15) is 4.79 Å². The van der Waals surface area contributed by atoms with Crippen LogP contribution in [0.4, 0.5) is 4.79 Å². The number of ether oxygens (including phenoxy) is 2. The van der Waals surface area contributed by atoms with Gasteiger partial charge >= 0.3 is 6.09 Å². The molecule has 1 amide bonds. The highest BCUT2D eigenvalue weighted by Crippen LogP contribution is 2.36. The third kappa shape index (κ3) is 3.60. The minimum absolute atomic E-state index is 0.457. The molecule has 0 spiro atoms. The van der Waals surface area contributed by atoms with Gasteiger partial charge in [-0.1, -0.05) is 6.92 Å². The molecule has 2 aromatic heterocycles. The zero-order valence-electron chi connectivity index (χ0n) is 19.0. The molecule has 1 atom stereocenters. The number of nitrogens with zero attached hydrogens (tertiary/aromatic N) is 3. The van der Waals surface area contributed by atoms with Gasteiger partial charge in [0.25, 0.3) is 0 Å². The standard InChI is InChI=1S/C23H30N4O3/c1-9-18(30-23(28)24-7)20-19-14(4)15(5)27(22(19)26-16(6)25-20)21-12(2)10-17(29-8)11-13(21)3/h10-11,18H,9H2,1-8H3,(H,24,28). The van der Waals surface area contributed by atoms with Crippen molar-refractivity contribution in [2.24, 2.45) is 0 Å². The van der Waals surface area contributed by atoms with Crippen LogP contribution in [0.5, 0.6) is 5.75 Å². The Bertz CT molecular complexity index is 1090. The van der Waals surface area contributed by atoms with Crippen molar-refractivity contribution < 1.29 is 14.3 Å². The number of aromatic nitrogens is 3. The van der Waals surface area contributed by atoms with Crippen LogP contribution in [0.25, 0.3) is 16.7 Å². The molecule has 3 rings (SSSR count). The second-order valence-electron chi connectivity index (χ2n) is 7.56. The number of carbonyl (C=O) groups is 1. The van der Waals surface area contributed by atoms with Crippen LogP contribution in [0.2, 0.25) is 0 Å². The maximum absolute atomic E-state index is 11.9. The summed E-state index contributed by atoms with van der Waals surface area (Å²) < 4.78 is 13.2. The number of hydrogen-bond donors (Lipinski definition) is 1. The summed E-state index contributed by atoms with van der Waals surface area (Å²) in [5, 5.41) is 3.46. The lowest BCUT2D eigenvalue weighted by atomic mass is 10.1. The van der Waals surface area contributed by atoms with Crippen molar-refractivity contribution in [3.63, 3.8) is 0 Å². The molecule has 0 aliphatic carbocycles.